The maximum Gasteiger partial charge on any atom is 0.244 e. The molecular formula is C12H11N3O4S. The van der Waals surface area contributed by atoms with E-state index >= 15 is 0 Å². The topological polar surface area (TPSA) is 107 Å². The summed E-state index contributed by atoms with van der Waals surface area (Å²) in [7, 11) is -3.96. The molecule has 2 rings (SSSR count). The molecule has 0 radical (unpaired) electrons. The predicted molar refractivity (Wildman–Crippen MR) is 67.7 cm³/mol. The van der Waals surface area contributed by atoms with Crippen molar-refractivity contribution < 1.29 is 18.0 Å². The highest BCUT2D eigenvalue weighted by Crippen LogP contribution is 2.20. The van der Waals surface area contributed by atoms with Gasteiger partial charge in [0.15, 0.2) is 0 Å². The molecule has 0 aromatic heterocycles. The van der Waals surface area contributed by atoms with Crippen LogP contribution in [0.2, 0.25) is 0 Å². The summed E-state index contributed by atoms with van der Waals surface area (Å²) in [6.45, 7) is 0.998. The van der Waals surface area contributed by atoms with Crippen molar-refractivity contribution in [2.45, 2.75) is 17.9 Å². The molecule has 0 aliphatic carbocycles. The summed E-state index contributed by atoms with van der Waals surface area (Å²) in [4.78, 5) is 22.8. The number of nitriles is 1. The molecule has 1 aromatic rings. The van der Waals surface area contributed by atoms with E-state index in [0.29, 0.717) is 5.56 Å². The average molecular weight is 293 g/mol. The molecule has 2 amide bonds. The monoisotopic (exact) mass is 293 g/mol. The molecule has 1 aromatic carbocycles. The van der Waals surface area contributed by atoms with E-state index in [4.69, 9.17) is 5.26 Å². The first kappa shape index (κ1) is 14.2. The standard InChI is InChI=1S/C12H11N3O4S/c1-8-12(17)14-11(16)7-15(8)20(18,19)10-4-2-9(6-13)3-5-10/h2-5,8H,7H2,1H3,(H,14,16,17). The van der Waals surface area contributed by atoms with Crippen LogP contribution in [0.15, 0.2) is 29.2 Å². The highest BCUT2D eigenvalue weighted by molar-refractivity contribution is 7.89. The minimum absolute atomic E-state index is 0.0640. The van der Waals surface area contributed by atoms with E-state index in [0.717, 1.165) is 4.31 Å². The lowest BCUT2D eigenvalue weighted by molar-refractivity contribution is -0.136. The van der Waals surface area contributed by atoms with Crippen LogP contribution in [0.4, 0.5) is 0 Å². The Morgan fingerprint density at radius 1 is 1.30 bits per heavy atom. The van der Waals surface area contributed by atoms with Crippen molar-refractivity contribution in [1.82, 2.24) is 9.62 Å². The second-order valence-corrected chi connectivity index (χ2v) is 6.17. The molecule has 0 saturated carbocycles. The number of amides is 2. The van der Waals surface area contributed by atoms with Gasteiger partial charge in [-0.05, 0) is 31.2 Å². The van der Waals surface area contributed by atoms with E-state index in [1.165, 1.54) is 31.2 Å². The molecular weight excluding hydrogens is 282 g/mol. The van der Waals surface area contributed by atoms with Crippen LogP contribution in [0, 0.1) is 11.3 Å². The minimum atomic E-state index is -3.96. The fourth-order valence-electron chi connectivity index (χ4n) is 1.82. The summed E-state index contributed by atoms with van der Waals surface area (Å²) in [6, 6.07) is 6.20. The molecule has 1 fully saturated rings. The van der Waals surface area contributed by atoms with E-state index < -0.39 is 34.4 Å². The van der Waals surface area contributed by atoms with Gasteiger partial charge in [-0.15, -0.1) is 0 Å². The zero-order chi connectivity index (χ0) is 14.9. The predicted octanol–water partition coefficient (Wildman–Crippen LogP) is -0.406. The van der Waals surface area contributed by atoms with Crippen LogP contribution in [0.5, 0.6) is 0 Å². The summed E-state index contributed by atoms with van der Waals surface area (Å²) < 4.78 is 25.6. The summed E-state index contributed by atoms with van der Waals surface area (Å²) in [5, 5.41) is 10.8. The fraction of sp³-hybridized carbons (Fsp3) is 0.250. The maximum absolute atomic E-state index is 12.4. The van der Waals surface area contributed by atoms with Gasteiger partial charge in [0.1, 0.15) is 6.04 Å². The number of carbonyl (C=O) groups excluding carboxylic acids is 2. The van der Waals surface area contributed by atoms with Crippen LogP contribution < -0.4 is 5.32 Å². The molecule has 104 valence electrons. The number of piperazine rings is 1. The van der Waals surface area contributed by atoms with Crippen molar-refractivity contribution in [3.05, 3.63) is 29.8 Å². The summed E-state index contributed by atoms with van der Waals surface area (Å²) in [5.41, 5.74) is 0.324. The van der Waals surface area contributed by atoms with Gasteiger partial charge in [0.25, 0.3) is 0 Å². The Bertz CT molecular complexity index is 703. The normalized spacial score (nSPS) is 20.3. The van der Waals surface area contributed by atoms with Crippen LogP contribution >= 0.6 is 0 Å². The fourth-order valence-corrected chi connectivity index (χ4v) is 3.37. The Hall–Kier alpha value is -2.24. The Kier molecular flexibility index (Phi) is 3.57. The van der Waals surface area contributed by atoms with Crippen molar-refractivity contribution in [3.63, 3.8) is 0 Å². The SMILES string of the molecule is CC1C(=O)NC(=O)CN1S(=O)(=O)c1ccc(C#N)cc1. The Morgan fingerprint density at radius 2 is 1.90 bits per heavy atom. The third-order valence-electron chi connectivity index (χ3n) is 2.96. The van der Waals surface area contributed by atoms with Gasteiger partial charge in [0, 0.05) is 0 Å². The van der Waals surface area contributed by atoms with Crippen LogP contribution in [0.3, 0.4) is 0 Å². The van der Waals surface area contributed by atoms with Gasteiger partial charge < -0.3 is 0 Å². The van der Waals surface area contributed by atoms with E-state index in [1.54, 1.807) is 0 Å². The van der Waals surface area contributed by atoms with Crippen LogP contribution in [-0.4, -0.2) is 37.1 Å². The highest BCUT2D eigenvalue weighted by atomic mass is 32.2. The zero-order valence-electron chi connectivity index (χ0n) is 10.5. The van der Waals surface area contributed by atoms with Gasteiger partial charge in [-0.25, -0.2) is 8.42 Å². The summed E-state index contributed by atoms with van der Waals surface area (Å²) in [5.74, 6) is -1.32. The van der Waals surface area contributed by atoms with Gasteiger partial charge in [0.2, 0.25) is 21.8 Å². The first-order chi connectivity index (χ1) is 9.36. The third-order valence-corrected chi connectivity index (χ3v) is 4.89. The third kappa shape index (κ3) is 2.41. The number of carbonyl (C=O) groups is 2. The Balaban J connectivity index is 2.40. The van der Waals surface area contributed by atoms with Crippen molar-refractivity contribution in [1.29, 1.82) is 5.26 Å². The average Bonchev–Trinajstić information content (AvgIpc) is 2.42. The quantitative estimate of drug-likeness (QED) is 0.746. The van der Waals surface area contributed by atoms with Crippen molar-refractivity contribution >= 4 is 21.8 Å². The smallest absolute Gasteiger partial charge is 0.244 e. The number of imide groups is 1. The molecule has 7 nitrogen and oxygen atoms in total. The van der Waals surface area contributed by atoms with E-state index in [9.17, 15) is 18.0 Å². The molecule has 1 heterocycles. The number of nitrogens with zero attached hydrogens (tertiary/aromatic N) is 2. The van der Waals surface area contributed by atoms with Crippen molar-refractivity contribution in [2.75, 3.05) is 6.54 Å². The second-order valence-electron chi connectivity index (χ2n) is 4.27. The molecule has 0 bridgehead atoms. The first-order valence-electron chi connectivity index (χ1n) is 5.72. The number of rotatable bonds is 2. The lowest BCUT2D eigenvalue weighted by atomic mass is 10.2. The molecule has 0 spiro atoms. The summed E-state index contributed by atoms with van der Waals surface area (Å²) in [6.07, 6.45) is 0. The van der Waals surface area contributed by atoms with E-state index in [2.05, 4.69) is 5.32 Å². The molecule has 20 heavy (non-hydrogen) atoms. The number of benzene rings is 1. The number of hydrogen-bond acceptors (Lipinski definition) is 5. The van der Waals surface area contributed by atoms with Gasteiger partial charge >= 0.3 is 0 Å². The molecule has 1 unspecified atom stereocenters. The van der Waals surface area contributed by atoms with E-state index in [1.807, 2.05) is 6.07 Å². The van der Waals surface area contributed by atoms with Crippen LogP contribution in [-0.2, 0) is 19.6 Å². The largest absolute Gasteiger partial charge is 0.294 e. The van der Waals surface area contributed by atoms with Crippen LogP contribution in [0.25, 0.3) is 0 Å². The van der Waals surface area contributed by atoms with E-state index in [-0.39, 0.29) is 4.90 Å². The molecule has 1 aliphatic rings. The first-order valence-corrected chi connectivity index (χ1v) is 7.16. The van der Waals surface area contributed by atoms with Crippen LogP contribution in [0.1, 0.15) is 12.5 Å². The molecule has 1 saturated heterocycles. The van der Waals surface area contributed by atoms with Gasteiger partial charge in [-0.3, -0.25) is 14.9 Å². The lowest BCUT2D eigenvalue weighted by Crippen LogP contribution is -2.58. The highest BCUT2D eigenvalue weighted by Gasteiger charge is 2.38. The molecule has 1 N–H and O–H groups in total. The molecule has 1 aliphatic heterocycles. The van der Waals surface area contributed by atoms with Gasteiger partial charge in [0.05, 0.1) is 23.1 Å². The van der Waals surface area contributed by atoms with Crippen molar-refractivity contribution in [3.8, 4) is 6.07 Å². The van der Waals surface area contributed by atoms with Crippen molar-refractivity contribution in [2.24, 2.45) is 0 Å². The maximum atomic E-state index is 12.4. The number of sulfonamides is 1. The molecule has 1 atom stereocenters. The molecule has 8 heteroatoms. The lowest BCUT2D eigenvalue weighted by Gasteiger charge is -2.30. The van der Waals surface area contributed by atoms with Gasteiger partial charge in [-0.1, -0.05) is 0 Å². The summed E-state index contributed by atoms with van der Waals surface area (Å²) >= 11 is 0. The number of nitrogens with one attached hydrogen (secondary N) is 1. The zero-order valence-corrected chi connectivity index (χ0v) is 11.3. The minimum Gasteiger partial charge on any atom is -0.294 e. The van der Waals surface area contributed by atoms with Gasteiger partial charge in [-0.2, -0.15) is 9.57 Å². The Morgan fingerprint density at radius 3 is 2.45 bits per heavy atom. The second kappa shape index (κ2) is 5.03. The number of hydrogen-bond donors (Lipinski definition) is 1. The Labute approximate surface area is 115 Å².